The lowest BCUT2D eigenvalue weighted by Gasteiger charge is -2.28. The zero-order valence-electron chi connectivity index (χ0n) is 17.3. The molecule has 1 heterocycles. The summed E-state index contributed by atoms with van der Waals surface area (Å²) in [5.41, 5.74) is -1.61. The van der Waals surface area contributed by atoms with Crippen LogP contribution in [0, 0.1) is 12.3 Å². The highest BCUT2D eigenvalue weighted by molar-refractivity contribution is 6.27. The van der Waals surface area contributed by atoms with E-state index >= 15 is 0 Å². The third-order valence-electron chi connectivity index (χ3n) is 5.56. The zero-order chi connectivity index (χ0) is 22.1. The summed E-state index contributed by atoms with van der Waals surface area (Å²) in [6, 6.07) is 1.50. The van der Waals surface area contributed by atoms with Crippen molar-refractivity contribution < 1.29 is 34.1 Å². The van der Waals surface area contributed by atoms with Crippen molar-refractivity contribution in [3.8, 4) is 0 Å². The van der Waals surface area contributed by atoms with Crippen molar-refractivity contribution in [1.82, 2.24) is 4.98 Å². The van der Waals surface area contributed by atoms with Crippen LogP contribution in [0.5, 0.6) is 0 Å². The molecule has 0 aliphatic heterocycles. The van der Waals surface area contributed by atoms with Crippen molar-refractivity contribution in [1.29, 1.82) is 0 Å². The fourth-order valence-electron chi connectivity index (χ4n) is 3.84. The number of hydrogen-bond acceptors (Lipinski definition) is 6. The summed E-state index contributed by atoms with van der Waals surface area (Å²) in [5, 5.41) is 18.8. The van der Waals surface area contributed by atoms with Gasteiger partial charge in [0.2, 0.25) is 0 Å². The van der Waals surface area contributed by atoms with Gasteiger partial charge in [-0.25, -0.2) is 0 Å². The van der Waals surface area contributed by atoms with Gasteiger partial charge in [0.25, 0.3) is 0 Å². The Hall–Kier alpha value is -2.61. The number of carbonyl (C=O) groups excluding carboxylic acids is 2. The Labute approximate surface area is 175 Å². The second-order valence-corrected chi connectivity index (χ2v) is 7.89. The van der Waals surface area contributed by atoms with Crippen molar-refractivity contribution >= 4 is 23.5 Å². The number of carbonyl (C=O) groups is 4. The van der Waals surface area contributed by atoms with E-state index < -0.39 is 35.5 Å². The van der Waals surface area contributed by atoms with E-state index in [1.54, 1.807) is 6.92 Å². The van der Waals surface area contributed by atoms with E-state index in [4.69, 9.17) is 9.84 Å². The molecular formula is C22H29NO7. The normalized spacial score (nSPS) is 16.6. The lowest BCUT2D eigenvalue weighted by molar-refractivity contribution is -0.154. The van der Waals surface area contributed by atoms with Crippen LogP contribution in [0.2, 0.25) is 0 Å². The highest BCUT2D eigenvalue weighted by Crippen LogP contribution is 2.33. The first-order valence-corrected chi connectivity index (χ1v) is 10.3. The molecule has 8 heteroatoms. The van der Waals surface area contributed by atoms with Gasteiger partial charge in [0.05, 0.1) is 6.10 Å². The Balaban J connectivity index is 2.27. The number of Topliss-reactive ketones (excluding diaryl/α,β-unsaturated/α-hetero) is 2. The molecule has 1 atom stereocenters. The van der Waals surface area contributed by atoms with Crippen molar-refractivity contribution in [2.45, 2.75) is 70.8 Å². The minimum absolute atomic E-state index is 0.0432. The third kappa shape index (κ3) is 5.95. The molecule has 164 valence electrons. The fourth-order valence-corrected chi connectivity index (χ4v) is 3.84. The van der Waals surface area contributed by atoms with Crippen LogP contribution in [0.3, 0.4) is 0 Å². The van der Waals surface area contributed by atoms with Gasteiger partial charge in [-0.2, -0.15) is 0 Å². The molecule has 1 aliphatic carbocycles. The molecule has 1 unspecified atom stereocenters. The number of ketones is 2. The molecule has 30 heavy (non-hydrogen) atoms. The number of unbranched alkanes of at least 4 members (excludes halogenated alkanes) is 1. The van der Waals surface area contributed by atoms with Gasteiger partial charge in [-0.05, 0) is 44.2 Å². The smallest absolute Gasteiger partial charge is 0.325 e. The molecule has 0 radical (unpaired) electrons. The molecule has 0 aromatic carbocycles. The molecule has 8 nitrogen and oxygen atoms in total. The number of aryl methyl sites for hydroxylation is 1. The molecule has 0 spiro atoms. The second-order valence-electron chi connectivity index (χ2n) is 7.89. The maximum absolute atomic E-state index is 13.3. The number of nitrogens with zero attached hydrogens (tertiary/aromatic N) is 1. The molecule has 0 bridgehead atoms. The van der Waals surface area contributed by atoms with Crippen LogP contribution >= 0.6 is 0 Å². The van der Waals surface area contributed by atoms with E-state index in [9.17, 15) is 24.3 Å². The van der Waals surface area contributed by atoms with Gasteiger partial charge < -0.3 is 14.9 Å². The first-order chi connectivity index (χ1) is 14.3. The van der Waals surface area contributed by atoms with E-state index in [-0.39, 0.29) is 37.4 Å². The fraction of sp³-hybridized carbons (Fsp3) is 0.591. The summed E-state index contributed by atoms with van der Waals surface area (Å²) in [6.07, 6.45) is 7.20. The average Bonchev–Trinajstić information content (AvgIpc) is 2.72. The van der Waals surface area contributed by atoms with Crippen LogP contribution in [0.1, 0.15) is 73.7 Å². The number of rotatable bonds is 12. The zero-order valence-corrected chi connectivity index (χ0v) is 17.3. The maximum Gasteiger partial charge on any atom is 0.325 e. The predicted molar refractivity (Wildman–Crippen MR) is 107 cm³/mol. The summed E-state index contributed by atoms with van der Waals surface area (Å²) < 4.78 is 5.68. The summed E-state index contributed by atoms with van der Waals surface area (Å²) in [4.78, 5) is 53.4. The SMILES string of the molecule is Cc1cncc(C(=O)C(CCCCC(=O)O)(C(=O)O)C(=O)COC2CCCCC2)c1. The highest BCUT2D eigenvalue weighted by Gasteiger charge is 2.52. The summed E-state index contributed by atoms with van der Waals surface area (Å²) in [7, 11) is 0. The molecule has 2 N–H and O–H groups in total. The van der Waals surface area contributed by atoms with Gasteiger partial charge in [-0.1, -0.05) is 25.7 Å². The number of aliphatic carboxylic acids is 2. The standard InChI is InChI=1S/C22H29NO7/c1-15-11-16(13-23-12-15)20(27)22(21(28)29,10-6-5-9-19(25)26)18(24)14-30-17-7-3-2-4-8-17/h11-13,17H,2-10,14H2,1H3,(H,25,26)(H,28,29). The molecule has 1 aliphatic rings. The van der Waals surface area contributed by atoms with Gasteiger partial charge >= 0.3 is 11.9 Å². The number of carboxylic acids is 2. The molecule has 1 fully saturated rings. The van der Waals surface area contributed by atoms with E-state index in [0.29, 0.717) is 5.56 Å². The van der Waals surface area contributed by atoms with Crippen LogP contribution < -0.4 is 0 Å². The van der Waals surface area contributed by atoms with Crippen LogP contribution in [0.25, 0.3) is 0 Å². The molecule has 0 saturated heterocycles. The number of hydrogen-bond donors (Lipinski definition) is 2. The maximum atomic E-state index is 13.3. The topological polar surface area (TPSA) is 131 Å². The Morgan fingerprint density at radius 3 is 2.40 bits per heavy atom. The van der Waals surface area contributed by atoms with Gasteiger partial charge in [0, 0.05) is 24.4 Å². The van der Waals surface area contributed by atoms with Crippen LogP contribution in [-0.4, -0.2) is 51.4 Å². The Morgan fingerprint density at radius 1 is 1.10 bits per heavy atom. The number of carboxylic acid groups (broad SMARTS) is 2. The van der Waals surface area contributed by atoms with E-state index in [0.717, 1.165) is 32.1 Å². The minimum Gasteiger partial charge on any atom is -0.481 e. The van der Waals surface area contributed by atoms with Gasteiger partial charge in [-0.3, -0.25) is 24.2 Å². The average molecular weight is 419 g/mol. The summed E-state index contributed by atoms with van der Waals surface area (Å²) in [5.74, 6) is -4.19. The van der Waals surface area contributed by atoms with E-state index in [1.807, 2.05) is 0 Å². The molecule has 1 aromatic rings. The first kappa shape index (κ1) is 23.7. The molecule has 1 saturated carbocycles. The lowest BCUT2D eigenvalue weighted by atomic mass is 9.73. The minimum atomic E-state index is -2.32. The third-order valence-corrected chi connectivity index (χ3v) is 5.56. The van der Waals surface area contributed by atoms with Crippen molar-refractivity contribution in [3.63, 3.8) is 0 Å². The molecule has 0 amide bonds. The predicted octanol–water partition coefficient (Wildman–Crippen LogP) is 3.21. The van der Waals surface area contributed by atoms with Crippen molar-refractivity contribution in [2.75, 3.05) is 6.61 Å². The Kier molecular flexibility index (Phi) is 8.65. The van der Waals surface area contributed by atoms with E-state index in [1.165, 1.54) is 18.5 Å². The quantitative estimate of drug-likeness (QED) is 0.300. The lowest BCUT2D eigenvalue weighted by Crippen LogP contribution is -2.48. The monoisotopic (exact) mass is 419 g/mol. The molecule has 1 aromatic heterocycles. The van der Waals surface area contributed by atoms with Crippen LogP contribution in [-0.2, 0) is 19.1 Å². The Morgan fingerprint density at radius 2 is 1.80 bits per heavy atom. The van der Waals surface area contributed by atoms with Gasteiger partial charge in [0.15, 0.2) is 17.0 Å². The summed E-state index contributed by atoms with van der Waals surface area (Å²) in [6.45, 7) is 1.26. The number of ether oxygens (including phenoxy) is 1. The van der Waals surface area contributed by atoms with Crippen molar-refractivity contribution in [3.05, 3.63) is 29.6 Å². The van der Waals surface area contributed by atoms with Crippen molar-refractivity contribution in [2.24, 2.45) is 5.41 Å². The second kappa shape index (κ2) is 11.0. The molecular weight excluding hydrogens is 390 g/mol. The van der Waals surface area contributed by atoms with Gasteiger partial charge in [0.1, 0.15) is 6.61 Å². The number of aromatic nitrogens is 1. The Bertz CT molecular complexity index is 785. The largest absolute Gasteiger partial charge is 0.481 e. The van der Waals surface area contributed by atoms with Gasteiger partial charge in [-0.15, -0.1) is 0 Å². The highest BCUT2D eigenvalue weighted by atomic mass is 16.5. The van der Waals surface area contributed by atoms with Crippen LogP contribution in [0.4, 0.5) is 0 Å². The van der Waals surface area contributed by atoms with E-state index in [2.05, 4.69) is 4.98 Å². The summed E-state index contributed by atoms with van der Waals surface area (Å²) >= 11 is 0. The molecule has 2 rings (SSSR count). The number of pyridine rings is 1. The first-order valence-electron chi connectivity index (χ1n) is 10.3. The van der Waals surface area contributed by atoms with Crippen LogP contribution in [0.15, 0.2) is 18.5 Å².